The van der Waals surface area contributed by atoms with Crippen LogP contribution in [0.25, 0.3) is 5.52 Å². The summed E-state index contributed by atoms with van der Waals surface area (Å²) in [5.41, 5.74) is 1.49. The molecule has 0 aliphatic heterocycles. The Kier molecular flexibility index (Phi) is 5.08. The highest BCUT2D eigenvalue weighted by atomic mass is 16.5. The molecule has 0 radical (unpaired) electrons. The fraction of sp³-hybridized carbons (Fsp3) is 0.467. The molecule has 0 aromatic carbocycles. The van der Waals surface area contributed by atoms with Crippen LogP contribution in [-0.2, 0) is 9.53 Å². The third-order valence-electron chi connectivity index (χ3n) is 3.09. The number of fused-ring (bicyclic) bond motifs is 1. The van der Waals surface area contributed by atoms with Gasteiger partial charge in [0.05, 0.1) is 25.6 Å². The van der Waals surface area contributed by atoms with E-state index in [4.69, 9.17) is 9.47 Å². The highest BCUT2D eigenvalue weighted by Crippen LogP contribution is 2.19. The number of hydrogen-bond donors (Lipinski definition) is 0. The first kappa shape index (κ1) is 15.9. The van der Waals surface area contributed by atoms with E-state index in [1.807, 2.05) is 6.92 Å². The van der Waals surface area contributed by atoms with Gasteiger partial charge in [0.1, 0.15) is 17.6 Å². The summed E-state index contributed by atoms with van der Waals surface area (Å²) in [6.07, 6.45) is 3.09. The number of ketones is 1. The molecule has 118 valence electrons. The van der Waals surface area contributed by atoms with Crippen LogP contribution in [0.15, 0.2) is 12.3 Å². The Morgan fingerprint density at radius 1 is 1.36 bits per heavy atom. The second kappa shape index (κ2) is 7.02. The van der Waals surface area contributed by atoms with Crippen LogP contribution in [0.3, 0.4) is 0 Å². The molecule has 0 aliphatic carbocycles. The fourth-order valence-corrected chi connectivity index (χ4v) is 1.97. The molecule has 0 amide bonds. The zero-order valence-corrected chi connectivity index (χ0v) is 13.0. The van der Waals surface area contributed by atoms with Crippen molar-refractivity contribution in [2.75, 3.05) is 13.7 Å². The lowest BCUT2D eigenvalue weighted by Gasteiger charge is -2.02. The summed E-state index contributed by atoms with van der Waals surface area (Å²) in [6, 6.07) is 1.56. The van der Waals surface area contributed by atoms with Crippen LogP contribution >= 0.6 is 0 Å². The molecule has 0 saturated carbocycles. The minimum atomic E-state index is -0.531. The van der Waals surface area contributed by atoms with Crippen molar-refractivity contribution >= 4 is 17.3 Å². The summed E-state index contributed by atoms with van der Waals surface area (Å²) in [5, 5.41) is 4.17. The van der Waals surface area contributed by atoms with Gasteiger partial charge in [-0.25, -0.2) is 9.50 Å². The lowest BCUT2D eigenvalue weighted by molar-refractivity contribution is -0.142. The van der Waals surface area contributed by atoms with E-state index in [1.165, 1.54) is 11.6 Å². The maximum atomic E-state index is 12.1. The minimum absolute atomic E-state index is 0.193. The monoisotopic (exact) mass is 305 g/mol. The number of Topliss-reactive ketones (excluding diaryl/α,β-unsaturated/α-hetero) is 1. The first-order chi connectivity index (χ1) is 10.5. The second-order valence-corrected chi connectivity index (χ2v) is 4.92. The first-order valence-electron chi connectivity index (χ1n) is 7.15. The molecule has 2 rings (SSSR count). The average Bonchev–Trinajstić information content (AvgIpc) is 2.90. The number of carbonyl (C=O) groups excluding carboxylic acids is 2. The van der Waals surface area contributed by atoms with Gasteiger partial charge in [-0.05, 0) is 13.3 Å². The van der Waals surface area contributed by atoms with Crippen molar-refractivity contribution in [2.45, 2.75) is 33.1 Å². The Morgan fingerprint density at radius 3 is 2.82 bits per heavy atom. The van der Waals surface area contributed by atoms with Gasteiger partial charge in [-0.15, -0.1) is 0 Å². The van der Waals surface area contributed by atoms with Crippen molar-refractivity contribution in [1.82, 2.24) is 14.6 Å². The highest BCUT2D eigenvalue weighted by molar-refractivity contribution is 6.05. The maximum Gasteiger partial charge on any atom is 0.313 e. The van der Waals surface area contributed by atoms with Crippen LogP contribution in [0.5, 0.6) is 5.88 Å². The van der Waals surface area contributed by atoms with Gasteiger partial charge >= 0.3 is 5.97 Å². The molecule has 0 atom stereocenters. The molecule has 7 nitrogen and oxygen atoms in total. The molecule has 0 unspecified atom stereocenters. The summed E-state index contributed by atoms with van der Waals surface area (Å²) < 4.78 is 11.7. The van der Waals surface area contributed by atoms with Gasteiger partial charge in [0.25, 0.3) is 0 Å². The van der Waals surface area contributed by atoms with Gasteiger partial charge in [-0.2, -0.15) is 5.10 Å². The van der Waals surface area contributed by atoms with Gasteiger partial charge in [-0.1, -0.05) is 13.3 Å². The summed E-state index contributed by atoms with van der Waals surface area (Å²) >= 11 is 0. The van der Waals surface area contributed by atoms with Crippen molar-refractivity contribution in [3.8, 4) is 5.88 Å². The Balaban J connectivity index is 2.13. The zero-order chi connectivity index (χ0) is 16.1. The van der Waals surface area contributed by atoms with E-state index in [2.05, 4.69) is 10.1 Å². The minimum Gasteiger partial charge on any atom is -0.479 e. The fourth-order valence-electron chi connectivity index (χ4n) is 1.97. The van der Waals surface area contributed by atoms with Crippen molar-refractivity contribution < 1.29 is 19.1 Å². The van der Waals surface area contributed by atoms with Crippen molar-refractivity contribution in [2.24, 2.45) is 0 Å². The largest absolute Gasteiger partial charge is 0.479 e. The van der Waals surface area contributed by atoms with E-state index in [9.17, 15) is 9.59 Å². The SMILES string of the molecule is CCCCOC(=O)CC(=O)c1cc2c(OC)nc(C)cn2n1. The molecule has 2 aromatic heterocycles. The predicted octanol–water partition coefficient (Wildman–Crippen LogP) is 1.96. The number of hydrogen-bond acceptors (Lipinski definition) is 6. The number of unbranched alkanes of at least 4 members (excludes halogenated alkanes) is 1. The molecule has 0 spiro atoms. The maximum absolute atomic E-state index is 12.1. The average molecular weight is 305 g/mol. The predicted molar refractivity (Wildman–Crippen MR) is 79.1 cm³/mol. The van der Waals surface area contributed by atoms with Gasteiger partial charge in [0.15, 0.2) is 5.78 Å². The Bertz CT molecular complexity index is 693. The topological polar surface area (TPSA) is 82.8 Å². The van der Waals surface area contributed by atoms with E-state index in [0.717, 1.165) is 12.8 Å². The highest BCUT2D eigenvalue weighted by Gasteiger charge is 2.18. The third-order valence-corrected chi connectivity index (χ3v) is 3.09. The van der Waals surface area contributed by atoms with Gasteiger partial charge < -0.3 is 9.47 Å². The summed E-state index contributed by atoms with van der Waals surface area (Å²) in [7, 11) is 1.50. The first-order valence-corrected chi connectivity index (χ1v) is 7.15. The van der Waals surface area contributed by atoms with Crippen LogP contribution in [0.1, 0.15) is 42.4 Å². The lowest BCUT2D eigenvalue weighted by Crippen LogP contribution is -2.12. The normalized spacial score (nSPS) is 10.7. The number of esters is 1. The molecule has 0 bridgehead atoms. The molecule has 7 heteroatoms. The number of aromatic nitrogens is 3. The molecule has 2 aromatic rings. The smallest absolute Gasteiger partial charge is 0.313 e. The van der Waals surface area contributed by atoms with E-state index < -0.39 is 5.97 Å². The number of aryl methyl sites for hydroxylation is 1. The van der Waals surface area contributed by atoms with Crippen molar-refractivity contribution in [3.05, 3.63) is 23.7 Å². The lowest BCUT2D eigenvalue weighted by atomic mass is 10.2. The number of nitrogens with zero attached hydrogens (tertiary/aromatic N) is 3. The summed E-state index contributed by atoms with van der Waals surface area (Å²) in [6.45, 7) is 4.14. The quantitative estimate of drug-likeness (QED) is 0.336. The number of ether oxygens (including phenoxy) is 2. The Morgan fingerprint density at radius 2 is 2.14 bits per heavy atom. The van der Waals surface area contributed by atoms with Crippen LogP contribution < -0.4 is 4.74 Å². The summed E-state index contributed by atoms with van der Waals surface area (Å²) in [5.74, 6) is -0.529. The van der Waals surface area contributed by atoms with Crippen LogP contribution in [0.4, 0.5) is 0 Å². The van der Waals surface area contributed by atoms with Crippen molar-refractivity contribution in [1.29, 1.82) is 0 Å². The standard InChI is InChI=1S/C15H19N3O4/c1-4-5-6-22-14(20)8-13(19)11-7-12-15(21-3)16-10(2)9-18(12)17-11/h7,9H,4-6,8H2,1-3H3. The molecule has 2 heterocycles. The zero-order valence-electron chi connectivity index (χ0n) is 13.0. The molecular formula is C15H19N3O4. The third kappa shape index (κ3) is 3.60. The van der Waals surface area contributed by atoms with Gasteiger partial charge in [-0.3, -0.25) is 9.59 Å². The van der Waals surface area contributed by atoms with E-state index in [-0.39, 0.29) is 17.9 Å². The van der Waals surface area contributed by atoms with E-state index >= 15 is 0 Å². The molecule has 0 aliphatic rings. The van der Waals surface area contributed by atoms with Gasteiger partial charge in [0, 0.05) is 6.07 Å². The molecule has 0 fully saturated rings. The molecule has 22 heavy (non-hydrogen) atoms. The van der Waals surface area contributed by atoms with Crippen LogP contribution in [-0.4, -0.2) is 40.1 Å². The number of methoxy groups -OCH3 is 1. The van der Waals surface area contributed by atoms with Crippen LogP contribution in [0.2, 0.25) is 0 Å². The molecule has 0 N–H and O–H groups in total. The number of carbonyl (C=O) groups is 2. The van der Waals surface area contributed by atoms with E-state index in [1.54, 1.807) is 19.2 Å². The van der Waals surface area contributed by atoms with Gasteiger partial charge in [0.2, 0.25) is 5.88 Å². The second-order valence-electron chi connectivity index (χ2n) is 4.92. The van der Waals surface area contributed by atoms with Crippen LogP contribution in [0, 0.1) is 6.92 Å². The number of rotatable bonds is 7. The van der Waals surface area contributed by atoms with Crippen molar-refractivity contribution in [3.63, 3.8) is 0 Å². The summed E-state index contributed by atoms with van der Waals surface area (Å²) in [4.78, 5) is 27.9. The molecule has 0 saturated heterocycles. The Labute approximate surface area is 128 Å². The van der Waals surface area contributed by atoms with E-state index in [0.29, 0.717) is 23.7 Å². The molecular weight excluding hydrogens is 286 g/mol. The Hall–Kier alpha value is -2.44.